The van der Waals surface area contributed by atoms with Crippen LogP contribution in [0.4, 0.5) is 11.6 Å². The van der Waals surface area contributed by atoms with Crippen LogP contribution in [0, 0.1) is 0 Å². The molecule has 0 aliphatic heterocycles. The summed E-state index contributed by atoms with van der Waals surface area (Å²) in [6.45, 7) is 3.80. The van der Waals surface area contributed by atoms with E-state index < -0.39 is 0 Å². The lowest BCUT2D eigenvalue weighted by molar-refractivity contribution is -0.123. The first-order chi connectivity index (χ1) is 14.5. The maximum Gasteiger partial charge on any atom is 0.258 e. The number of ether oxygens (including phenoxy) is 1. The number of aromatic nitrogens is 5. The number of hydrogen-bond acceptors (Lipinski definition) is 6. The molecule has 3 N–H and O–H groups in total. The zero-order chi connectivity index (χ0) is 21.1. The topological polar surface area (TPSA) is 110 Å². The molecule has 154 valence electrons. The van der Waals surface area contributed by atoms with E-state index in [9.17, 15) is 4.79 Å². The lowest BCUT2D eigenvalue weighted by Crippen LogP contribution is -2.34. The summed E-state index contributed by atoms with van der Waals surface area (Å²) in [5.74, 6) is 1.68. The van der Waals surface area contributed by atoms with Crippen LogP contribution in [0.15, 0.2) is 48.7 Å². The Hall–Kier alpha value is -3.88. The smallest absolute Gasteiger partial charge is 0.258 e. The fraction of sp³-hybridized carbons (Fsp3) is 0.238. The van der Waals surface area contributed by atoms with Crippen LogP contribution in [0.1, 0.15) is 13.8 Å². The first-order valence-electron chi connectivity index (χ1n) is 9.62. The number of benzene rings is 2. The van der Waals surface area contributed by atoms with Gasteiger partial charge in [0.15, 0.2) is 12.4 Å². The standard InChI is InChI=1S/C21H23N7O2/c1-13(2)23-19(29)12-30-17-7-4-14(5-8-17)20-25-21(28(3)27-20)24-16-6-9-18-15(10-16)11-22-26-18/h4-11,13H,12H2,1-3H3,(H,22,26)(H,23,29)(H,24,25,27). The average molecular weight is 405 g/mol. The number of amides is 1. The van der Waals surface area contributed by atoms with Crippen LogP contribution in [0.2, 0.25) is 0 Å². The van der Waals surface area contributed by atoms with Gasteiger partial charge in [0, 0.05) is 29.7 Å². The molecule has 0 radical (unpaired) electrons. The van der Waals surface area contributed by atoms with E-state index in [-0.39, 0.29) is 18.6 Å². The molecular weight excluding hydrogens is 382 g/mol. The Balaban J connectivity index is 1.43. The Bertz CT molecular complexity index is 1160. The molecule has 0 saturated heterocycles. The maximum atomic E-state index is 11.7. The predicted molar refractivity (Wildman–Crippen MR) is 115 cm³/mol. The van der Waals surface area contributed by atoms with Gasteiger partial charge in [-0.1, -0.05) is 0 Å². The number of rotatable bonds is 7. The summed E-state index contributed by atoms with van der Waals surface area (Å²) in [5.41, 5.74) is 2.72. The molecule has 0 aliphatic carbocycles. The highest BCUT2D eigenvalue weighted by Gasteiger charge is 2.11. The molecule has 30 heavy (non-hydrogen) atoms. The Kier molecular flexibility index (Phi) is 5.34. The molecule has 2 heterocycles. The minimum absolute atomic E-state index is 0.0194. The number of carbonyl (C=O) groups excluding carboxylic acids is 1. The molecule has 2 aromatic carbocycles. The minimum Gasteiger partial charge on any atom is -0.484 e. The maximum absolute atomic E-state index is 11.7. The molecule has 0 saturated carbocycles. The van der Waals surface area contributed by atoms with Gasteiger partial charge in [-0.15, -0.1) is 5.10 Å². The number of H-pyrrole nitrogens is 1. The summed E-state index contributed by atoms with van der Waals surface area (Å²) in [7, 11) is 1.83. The summed E-state index contributed by atoms with van der Waals surface area (Å²) in [4.78, 5) is 16.3. The van der Waals surface area contributed by atoms with Crippen molar-refractivity contribution in [3.8, 4) is 17.1 Å². The lowest BCUT2D eigenvalue weighted by atomic mass is 10.2. The molecule has 0 bridgehead atoms. The van der Waals surface area contributed by atoms with Gasteiger partial charge >= 0.3 is 0 Å². The van der Waals surface area contributed by atoms with Gasteiger partial charge in [-0.3, -0.25) is 9.89 Å². The van der Waals surface area contributed by atoms with Crippen molar-refractivity contribution in [2.24, 2.45) is 7.05 Å². The number of hydrogen-bond donors (Lipinski definition) is 3. The van der Waals surface area contributed by atoms with Crippen LogP contribution in [0.5, 0.6) is 5.75 Å². The van der Waals surface area contributed by atoms with E-state index in [1.165, 1.54) is 0 Å². The van der Waals surface area contributed by atoms with Gasteiger partial charge in [-0.05, 0) is 56.3 Å². The van der Waals surface area contributed by atoms with E-state index in [0.29, 0.717) is 17.5 Å². The zero-order valence-electron chi connectivity index (χ0n) is 17.0. The molecule has 2 aromatic heterocycles. The van der Waals surface area contributed by atoms with E-state index in [1.807, 2.05) is 51.2 Å². The van der Waals surface area contributed by atoms with Crippen molar-refractivity contribution in [2.75, 3.05) is 11.9 Å². The fourth-order valence-electron chi connectivity index (χ4n) is 2.98. The number of carbonyl (C=O) groups is 1. The van der Waals surface area contributed by atoms with Crippen molar-refractivity contribution < 1.29 is 9.53 Å². The van der Waals surface area contributed by atoms with Crippen LogP contribution >= 0.6 is 0 Å². The first-order valence-corrected chi connectivity index (χ1v) is 9.62. The summed E-state index contributed by atoms with van der Waals surface area (Å²) < 4.78 is 7.21. The van der Waals surface area contributed by atoms with Crippen LogP contribution in [-0.2, 0) is 11.8 Å². The molecule has 4 rings (SSSR count). The van der Waals surface area contributed by atoms with Gasteiger partial charge < -0.3 is 15.4 Å². The quantitative estimate of drug-likeness (QED) is 0.436. The molecule has 4 aromatic rings. The van der Waals surface area contributed by atoms with Crippen LogP contribution in [0.25, 0.3) is 22.3 Å². The van der Waals surface area contributed by atoms with Gasteiger partial charge in [0.1, 0.15) is 5.75 Å². The van der Waals surface area contributed by atoms with Crippen LogP contribution in [-0.4, -0.2) is 43.5 Å². The van der Waals surface area contributed by atoms with E-state index in [4.69, 9.17) is 4.74 Å². The number of fused-ring (bicyclic) bond motifs is 1. The number of anilines is 2. The average Bonchev–Trinajstić information content (AvgIpc) is 3.33. The highest BCUT2D eigenvalue weighted by atomic mass is 16.5. The molecule has 9 heteroatoms. The van der Waals surface area contributed by atoms with Crippen molar-refractivity contribution in [3.63, 3.8) is 0 Å². The lowest BCUT2D eigenvalue weighted by Gasteiger charge is -2.09. The van der Waals surface area contributed by atoms with E-state index >= 15 is 0 Å². The number of nitrogens with one attached hydrogen (secondary N) is 3. The molecule has 0 atom stereocenters. The Morgan fingerprint density at radius 1 is 1.20 bits per heavy atom. The molecule has 9 nitrogen and oxygen atoms in total. The van der Waals surface area contributed by atoms with E-state index in [0.717, 1.165) is 22.2 Å². The third-order valence-electron chi connectivity index (χ3n) is 4.39. The molecule has 0 fully saturated rings. The van der Waals surface area contributed by atoms with E-state index in [2.05, 4.69) is 30.9 Å². The van der Waals surface area contributed by atoms with Crippen LogP contribution < -0.4 is 15.4 Å². The van der Waals surface area contributed by atoms with Crippen LogP contribution in [0.3, 0.4) is 0 Å². The fourth-order valence-corrected chi connectivity index (χ4v) is 2.98. The Morgan fingerprint density at radius 3 is 2.77 bits per heavy atom. The molecule has 0 aliphatic rings. The van der Waals surface area contributed by atoms with Crippen molar-refractivity contribution in [3.05, 3.63) is 48.7 Å². The molecule has 1 amide bonds. The molecular formula is C21H23N7O2. The monoisotopic (exact) mass is 405 g/mol. The second kappa shape index (κ2) is 8.24. The Labute approximate surface area is 173 Å². The highest BCUT2D eigenvalue weighted by Crippen LogP contribution is 2.24. The van der Waals surface area contributed by atoms with Gasteiger partial charge in [0.25, 0.3) is 5.91 Å². The highest BCUT2D eigenvalue weighted by molar-refractivity contribution is 5.82. The summed E-state index contributed by atoms with van der Waals surface area (Å²) in [6.07, 6.45) is 1.78. The number of nitrogens with zero attached hydrogens (tertiary/aromatic N) is 4. The third-order valence-corrected chi connectivity index (χ3v) is 4.39. The SMILES string of the molecule is CC(C)NC(=O)COc1ccc(-c2nc(Nc3ccc4[nH]ncc4c3)n(C)n2)cc1. The second-order valence-corrected chi connectivity index (χ2v) is 7.21. The van der Waals surface area contributed by atoms with Gasteiger partial charge in [0.2, 0.25) is 5.95 Å². The molecule has 0 unspecified atom stereocenters. The number of aromatic amines is 1. The summed E-state index contributed by atoms with van der Waals surface area (Å²) in [5, 5.41) is 18.5. The third kappa shape index (κ3) is 4.40. The van der Waals surface area contributed by atoms with Gasteiger partial charge in [-0.25, -0.2) is 4.68 Å². The van der Waals surface area contributed by atoms with Crippen molar-refractivity contribution in [1.82, 2.24) is 30.3 Å². The zero-order valence-corrected chi connectivity index (χ0v) is 17.0. The minimum atomic E-state index is -0.148. The number of aryl methyl sites for hydroxylation is 1. The Morgan fingerprint density at radius 2 is 2.00 bits per heavy atom. The predicted octanol–water partition coefficient (Wildman–Crippen LogP) is 3.01. The van der Waals surface area contributed by atoms with Crippen molar-refractivity contribution in [1.29, 1.82) is 0 Å². The summed E-state index contributed by atoms with van der Waals surface area (Å²) >= 11 is 0. The normalized spacial score (nSPS) is 11.1. The van der Waals surface area contributed by atoms with Crippen molar-refractivity contribution >= 4 is 28.4 Å². The van der Waals surface area contributed by atoms with E-state index in [1.54, 1.807) is 23.0 Å². The first kappa shape index (κ1) is 19.4. The summed E-state index contributed by atoms with van der Waals surface area (Å²) in [6, 6.07) is 13.3. The van der Waals surface area contributed by atoms with Gasteiger partial charge in [0.05, 0.1) is 11.7 Å². The second-order valence-electron chi connectivity index (χ2n) is 7.21. The molecule has 0 spiro atoms. The largest absolute Gasteiger partial charge is 0.484 e. The van der Waals surface area contributed by atoms with Crippen molar-refractivity contribution in [2.45, 2.75) is 19.9 Å². The van der Waals surface area contributed by atoms with Gasteiger partial charge in [-0.2, -0.15) is 10.1 Å².